The minimum absolute atomic E-state index is 0.268. The molecule has 0 amide bonds. The third-order valence-corrected chi connectivity index (χ3v) is 3.45. The number of carbonyl (C=O) groups is 3. The number of carbonyl (C=O) groups excluding carboxylic acids is 1. The molecule has 0 spiro atoms. The maximum absolute atomic E-state index is 12.2. The van der Waals surface area contributed by atoms with Gasteiger partial charge in [-0.25, -0.2) is 9.59 Å². The van der Waals surface area contributed by atoms with Gasteiger partial charge in [0.15, 0.2) is 18.5 Å². The van der Waals surface area contributed by atoms with E-state index in [0.29, 0.717) is 17.1 Å². The fourth-order valence-electron chi connectivity index (χ4n) is 2.06. The van der Waals surface area contributed by atoms with Gasteiger partial charge in [-0.1, -0.05) is 30.3 Å². The Balaban J connectivity index is 2.01. The Kier molecular flexibility index (Phi) is 6.71. The summed E-state index contributed by atoms with van der Waals surface area (Å²) in [5.74, 6) is -1.71. The Morgan fingerprint density at radius 2 is 1.74 bits per heavy atom. The van der Waals surface area contributed by atoms with Crippen LogP contribution < -0.4 is 9.47 Å². The number of carboxylic acid groups (broad SMARTS) is 2. The van der Waals surface area contributed by atoms with Gasteiger partial charge in [0.25, 0.3) is 0 Å². The molecule has 7 nitrogen and oxygen atoms in total. The molecular formula is C20H18O7. The molecule has 140 valence electrons. The van der Waals surface area contributed by atoms with Crippen molar-refractivity contribution in [1.82, 2.24) is 0 Å². The molecule has 1 atom stereocenters. The zero-order valence-corrected chi connectivity index (χ0v) is 14.5. The van der Waals surface area contributed by atoms with Crippen molar-refractivity contribution in [3.8, 4) is 11.5 Å². The van der Waals surface area contributed by atoms with Crippen LogP contribution in [0.5, 0.6) is 11.5 Å². The molecule has 27 heavy (non-hydrogen) atoms. The van der Waals surface area contributed by atoms with Gasteiger partial charge >= 0.3 is 11.9 Å². The highest BCUT2D eigenvalue weighted by atomic mass is 16.5. The van der Waals surface area contributed by atoms with Crippen molar-refractivity contribution < 1.29 is 34.1 Å². The van der Waals surface area contributed by atoms with E-state index in [1.165, 1.54) is 19.1 Å². The SMILES string of the molecule is CC(Oc1ccc(/C=C/C(=O)c2cccc(OCC(=O)O)c2)cc1)C(=O)O. The van der Waals surface area contributed by atoms with Crippen LogP contribution in [0, 0.1) is 0 Å². The maximum atomic E-state index is 12.2. The van der Waals surface area contributed by atoms with Crippen LogP contribution in [0.25, 0.3) is 6.08 Å². The normalized spacial score (nSPS) is 11.7. The topological polar surface area (TPSA) is 110 Å². The predicted molar refractivity (Wildman–Crippen MR) is 97.1 cm³/mol. The third kappa shape index (κ3) is 6.32. The molecule has 0 aliphatic carbocycles. The van der Waals surface area contributed by atoms with Crippen molar-refractivity contribution in [3.63, 3.8) is 0 Å². The molecule has 2 aromatic carbocycles. The number of allylic oxidation sites excluding steroid dienone is 1. The van der Waals surface area contributed by atoms with Crippen LogP contribution in [0.2, 0.25) is 0 Å². The number of hydrogen-bond acceptors (Lipinski definition) is 5. The lowest BCUT2D eigenvalue weighted by molar-refractivity contribution is -0.144. The molecule has 0 radical (unpaired) electrons. The average Bonchev–Trinajstić information content (AvgIpc) is 2.65. The van der Waals surface area contributed by atoms with E-state index in [-0.39, 0.29) is 5.78 Å². The second kappa shape index (κ2) is 9.19. The van der Waals surface area contributed by atoms with E-state index in [2.05, 4.69) is 0 Å². The van der Waals surface area contributed by atoms with E-state index in [1.807, 2.05) is 0 Å². The van der Waals surface area contributed by atoms with E-state index >= 15 is 0 Å². The number of ether oxygens (including phenoxy) is 2. The van der Waals surface area contributed by atoms with Gasteiger partial charge in [0.2, 0.25) is 0 Å². The summed E-state index contributed by atoms with van der Waals surface area (Å²) in [4.78, 5) is 33.5. The van der Waals surface area contributed by atoms with Crippen molar-refractivity contribution in [1.29, 1.82) is 0 Å². The highest BCUT2D eigenvalue weighted by Crippen LogP contribution is 2.17. The van der Waals surface area contributed by atoms with Crippen molar-refractivity contribution in [2.75, 3.05) is 6.61 Å². The fraction of sp³-hybridized carbons (Fsp3) is 0.150. The molecule has 7 heteroatoms. The van der Waals surface area contributed by atoms with E-state index in [1.54, 1.807) is 48.5 Å². The number of aliphatic carboxylic acids is 2. The van der Waals surface area contributed by atoms with Gasteiger partial charge in [-0.05, 0) is 42.8 Å². The molecule has 0 fully saturated rings. The summed E-state index contributed by atoms with van der Waals surface area (Å²) in [6, 6.07) is 12.9. The van der Waals surface area contributed by atoms with Crippen molar-refractivity contribution >= 4 is 23.8 Å². The molecule has 2 rings (SSSR count). The zero-order chi connectivity index (χ0) is 19.8. The Labute approximate surface area is 155 Å². The van der Waals surface area contributed by atoms with Gasteiger partial charge in [0, 0.05) is 5.56 Å². The Hall–Kier alpha value is -3.61. The van der Waals surface area contributed by atoms with Crippen LogP contribution in [-0.4, -0.2) is 40.6 Å². The largest absolute Gasteiger partial charge is 0.482 e. The van der Waals surface area contributed by atoms with Gasteiger partial charge in [0.05, 0.1) is 0 Å². The average molecular weight is 370 g/mol. The van der Waals surface area contributed by atoms with Crippen LogP contribution in [0.15, 0.2) is 54.6 Å². The second-order valence-electron chi connectivity index (χ2n) is 5.58. The molecule has 2 aromatic rings. The quantitative estimate of drug-likeness (QED) is 0.516. The van der Waals surface area contributed by atoms with Crippen LogP contribution in [-0.2, 0) is 9.59 Å². The van der Waals surface area contributed by atoms with Crippen molar-refractivity contribution in [2.24, 2.45) is 0 Å². The summed E-state index contributed by atoms with van der Waals surface area (Å²) in [7, 11) is 0. The zero-order valence-electron chi connectivity index (χ0n) is 14.5. The van der Waals surface area contributed by atoms with Crippen LogP contribution in [0.3, 0.4) is 0 Å². The summed E-state index contributed by atoms with van der Waals surface area (Å²) in [6.45, 7) is 0.950. The summed E-state index contributed by atoms with van der Waals surface area (Å²) in [6.07, 6.45) is 2.03. The maximum Gasteiger partial charge on any atom is 0.344 e. The van der Waals surface area contributed by atoms with Gasteiger partial charge in [-0.3, -0.25) is 4.79 Å². The lowest BCUT2D eigenvalue weighted by atomic mass is 10.1. The summed E-state index contributed by atoms with van der Waals surface area (Å²) < 4.78 is 10.3. The van der Waals surface area contributed by atoms with Gasteiger partial charge in [0.1, 0.15) is 11.5 Å². The Morgan fingerprint density at radius 3 is 2.37 bits per heavy atom. The molecule has 0 aliphatic heterocycles. The molecule has 0 saturated heterocycles. The van der Waals surface area contributed by atoms with E-state index in [0.717, 1.165) is 5.56 Å². The number of carboxylic acids is 2. The van der Waals surface area contributed by atoms with E-state index < -0.39 is 24.6 Å². The number of rotatable bonds is 9. The molecular weight excluding hydrogens is 352 g/mol. The number of ketones is 1. The van der Waals surface area contributed by atoms with Crippen LogP contribution in [0.4, 0.5) is 0 Å². The van der Waals surface area contributed by atoms with Crippen LogP contribution >= 0.6 is 0 Å². The first-order chi connectivity index (χ1) is 12.8. The standard InChI is InChI=1S/C20H18O7/c1-13(20(24)25)27-16-8-5-14(6-9-16)7-10-18(21)15-3-2-4-17(11-15)26-12-19(22)23/h2-11,13H,12H2,1H3,(H,22,23)(H,24,25)/b10-7+. The second-order valence-corrected chi connectivity index (χ2v) is 5.58. The first-order valence-electron chi connectivity index (χ1n) is 8.02. The smallest absolute Gasteiger partial charge is 0.344 e. The van der Waals surface area contributed by atoms with Gasteiger partial charge in [-0.15, -0.1) is 0 Å². The summed E-state index contributed by atoms with van der Waals surface area (Å²) >= 11 is 0. The lowest BCUT2D eigenvalue weighted by Gasteiger charge is -2.10. The van der Waals surface area contributed by atoms with E-state index in [9.17, 15) is 14.4 Å². The number of hydrogen-bond donors (Lipinski definition) is 2. The lowest BCUT2D eigenvalue weighted by Crippen LogP contribution is -2.22. The summed E-state index contributed by atoms with van der Waals surface area (Å²) in [5, 5.41) is 17.4. The molecule has 2 N–H and O–H groups in total. The minimum Gasteiger partial charge on any atom is -0.482 e. The highest BCUT2D eigenvalue weighted by molar-refractivity contribution is 6.07. The Bertz CT molecular complexity index is 853. The molecule has 0 bridgehead atoms. The van der Waals surface area contributed by atoms with Crippen molar-refractivity contribution in [2.45, 2.75) is 13.0 Å². The van der Waals surface area contributed by atoms with E-state index in [4.69, 9.17) is 19.7 Å². The first-order valence-corrected chi connectivity index (χ1v) is 8.02. The highest BCUT2D eigenvalue weighted by Gasteiger charge is 2.12. The molecule has 0 heterocycles. The minimum atomic E-state index is -1.10. The fourth-order valence-corrected chi connectivity index (χ4v) is 2.06. The first kappa shape index (κ1) is 19.7. The van der Waals surface area contributed by atoms with Gasteiger partial charge in [-0.2, -0.15) is 0 Å². The number of benzene rings is 2. The monoisotopic (exact) mass is 370 g/mol. The van der Waals surface area contributed by atoms with Crippen molar-refractivity contribution in [3.05, 3.63) is 65.7 Å². The molecule has 0 aliphatic rings. The summed E-state index contributed by atoms with van der Waals surface area (Å²) in [5.41, 5.74) is 1.10. The van der Waals surface area contributed by atoms with Gasteiger partial charge < -0.3 is 19.7 Å². The molecule has 0 saturated carbocycles. The molecule has 1 unspecified atom stereocenters. The Morgan fingerprint density at radius 1 is 1.04 bits per heavy atom. The predicted octanol–water partition coefficient (Wildman–Crippen LogP) is 2.90. The third-order valence-electron chi connectivity index (χ3n) is 3.45. The molecule has 0 aromatic heterocycles. The van der Waals surface area contributed by atoms with Crippen LogP contribution in [0.1, 0.15) is 22.8 Å².